The molecule has 0 saturated carbocycles. The molecular weight excluding hydrogens is 282 g/mol. The summed E-state index contributed by atoms with van der Waals surface area (Å²) < 4.78 is 7.56. The van der Waals surface area contributed by atoms with Gasteiger partial charge in [-0.05, 0) is 12.1 Å². The number of nitriles is 1. The van der Waals surface area contributed by atoms with Gasteiger partial charge in [0.25, 0.3) is 5.88 Å². The van der Waals surface area contributed by atoms with Crippen LogP contribution in [-0.4, -0.2) is 44.5 Å². The maximum Gasteiger partial charge on any atom is 0.251 e. The Morgan fingerprint density at radius 2 is 2.14 bits per heavy atom. The van der Waals surface area contributed by atoms with Crippen LogP contribution < -0.4 is 4.74 Å². The lowest BCUT2D eigenvalue weighted by atomic mass is 10.3. The van der Waals surface area contributed by atoms with Crippen LogP contribution in [0.15, 0.2) is 36.9 Å². The van der Waals surface area contributed by atoms with E-state index in [1.165, 1.54) is 12.4 Å². The van der Waals surface area contributed by atoms with Crippen molar-refractivity contribution in [2.75, 3.05) is 13.1 Å². The Labute approximate surface area is 127 Å². The number of amides is 1. The van der Waals surface area contributed by atoms with Crippen molar-refractivity contribution in [1.29, 1.82) is 5.26 Å². The lowest BCUT2D eigenvalue weighted by molar-refractivity contribution is -0.131. The Balaban J connectivity index is 1.58. The monoisotopic (exact) mass is 297 g/mol. The van der Waals surface area contributed by atoms with Gasteiger partial charge in [0.15, 0.2) is 0 Å². The van der Waals surface area contributed by atoms with E-state index in [4.69, 9.17) is 10.00 Å². The van der Waals surface area contributed by atoms with Gasteiger partial charge in [-0.1, -0.05) is 0 Å². The first kappa shape index (κ1) is 14.1. The van der Waals surface area contributed by atoms with Crippen molar-refractivity contribution in [2.24, 2.45) is 0 Å². The molecule has 7 nitrogen and oxygen atoms in total. The van der Waals surface area contributed by atoms with E-state index in [9.17, 15) is 4.79 Å². The third kappa shape index (κ3) is 3.06. The zero-order valence-corrected chi connectivity index (χ0v) is 11.9. The number of ether oxygens (including phenoxy) is 1. The molecular formula is C15H15N5O2. The Morgan fingerprint density at radius 3 is 2.91 bits per heavy atom. The molecule has 1 amide bonds. The summed E-state index contributed by atoms with van der Waals surface area (Å²) in [6.07, 6.45) is 7.23. The highest BCUT2D eigenvalue weighted by atomic mass is 16.5. The van der Waals surface area contributed by atoms with Crippen molar-refractivity contribution in [3.05, 3.63) is 42.6 Å². The number of rotatable bonds is 4. The fraction of sp³-hybridized carbons (Fsp3) is 0.333. The summed E-state index contributed by atoms with van der Waals surface area (Å²) in [7, 11) is 0. The van der Waals surface area contributed by atoms with Gasteiger partial charge in [-0.15, -0.1) is 0 Å². The van der Waals surface area contributed by atoms with Crippen molar-refractivity contribution in [3.8, 4) is 11.9 Å². The van der Waals surface area contributed by atoms with Crippen LogP contribution in [-0.2, 0) is 11.3 Å². The van der Waals surface area contributed by atoms with E-state index in [0.717, 1.165) is 6.42 Å². The topological polar surface area (TPSA) is 84.0 Å². The average Bonchev–Trinajstić information content (AvgIpc) is 3.19. The summed E-state index contributed by atoms with van der Waals surface area (Å²) in [5.74, 6) is 0.289. The largest absolute Gasteiger partial charge is 0.470 e. The average molecular weight is 297 g/mol. The van der Waals surface area contributed by atoms with E-state index in [2.05, 4.69) is 9.97 Å². The molecule has 0 aliphatic carbocycles. The summed E-state index contributed by atoms with van der Waals surface area (Å²) in [5.41, 5.74) is 0.166. The fourth-order valence-corrected chi connectivity index (χ4v) is 2.43. The van der Waals surface area contributed by atoms with Crippen molar-refractivity contribution in [1.82, 2.24) is 19.4 Å². The first-order chi connectivity index (χ1) is 10.8. The third-order valence-corrected chi connectivity index (χ3v) is 3.53. The molecule has 1 fully saturated rings. The number of carbonyl (C=O) groups is 1. The fourth-order valence-electron chi connectivity index (χ4n) is 2.43. The first-order valence-electron chi connectivity index (χ1n) is 7.02. The van der Waals surface area contributed by atoms with Crippen LogP contribution in [0.2, 0.25) is 0 Å². The predicted molar refractivity (Wildman–Crippen MR) is 76.8 cm³/mol. The SMILES string of the molecule is N#Cc1nccnc1O[C@@H]1CCN(C(=O)Cn2cccc2)C1. The van der Waals surface area contributed by atoms with Gasteiger partial charge < -0.3 is 14.2 Å². The zero-order valence-electron chi connectivity index (χ0n) is 11.9. The quantitative estimate of drug-likeness (QED) is 0.834. The molecule has 0 bridgehead atoms. The van der Waals surface area contributed by atoms with Gasteiger partial charge in [-0.2, -0.15) is 5.26 Å². The van der Waals surface area contributed by atoms with E-state index >= 15 is 0 Å². The molecule has 0 unspecified atom stereocenters. The predicted octanol–water partition coefficient (Wildman–Crippen LogP) is 0.830. The number of aromatic nitrogens is 3. The van der Waals surface area contributed by atoms with Gasteiger partial charge in [0.1, 0.15) is 18.7 Å². The normalized spacial score (nSPS) is 17.2. The second-order valence-corrected chi connectivity index (χ2v) is 5.05. The number of likely N-dealkylation sites (tertiary alicyclic amines) is 1. The van der Waals surface area contributed by atoms with Gasteiger partial charge in [0.05, 0.1) is 6.54 Å². The van der Waals surface area contributed by atoms with E-state index < -0.39 is 0 Å². The third-order valence-electron chi connectivity index (χ3n) is 3.53. The van der Waals surface area contributed by atoms with E-state index in [1.807, 2.05) is 35.2 Å². The van der Waals surface area contributed by atoms with Crippen LogP contribution in [0.5, 0.6) is 5.88 Å². The molecule has 112 valence electrons. The second kappa shape index (κ2) is 6.26. The summed E-state index contributed by atoms with van der Waals surface area (Å²) >= 11 is 0. The smallest absolute Gasteiger partial charge is 0.251 e. The zero-order chi connectivity index (χ0) is 15.4. The minimum Gasteiger partial charge on any atom is -0.470 e. The van der Waals surface area contributed by atoms with Crippen LogP contribution in [0.4, 0.5) is 0 Å². The van der Waals surface area contributed by atoms with Gasteiger partial charge >= 0.3 is 0 Å². The second-order valence-electron chi connectivity index (χ2n) is 5.05. The maximum atomic E-state index is 12.2. The molecule has 0 spiro atoms. The number of hydrogen-bond donors (Lipinski definition) is 0. The van der Waals surface area contributed by atoms with Crippen LogP contribution in [0, 0.1) is 11.3 Å². The molecule has 0 N–H and O–H groups in total. The summed E-state index contributed by atoms with van der Waals surface area (Å²) in [6.45, 7) is 1.47. The lowest BCUT2D eigenvalue weighted by Gasteiger charge is -2.17. The molecule has 1 aliphatic heterocycles. The number of hydrogen-bond acceptors (Lipinski definition) is 5. The van der Waals surface area contributed by atoms with Gasteiger partial charge in [-0.3, -0.25) is 4.79 Å². The highest BCUT2D eigenvalue weighted by Crippen LogP contribution is 2.18. The number of carbonyl (C=O) groups excluding carboxylic acids is 1. The van der Waals surface area contributed by atoms with Gasteiger partial charge in [0.2, 0.25) is 11.6 Å². The van der Waals surface area contributed by atoms with Crippen molar-refractivity contribution in [2.45, 2.75) is 19.1 Å². The summed E-state index contributed by atoms with van der Waals surface area (Å²) in [4.78, 5) is 21.9. The standard InChI is InChI=1S/C15H15N5O2/c16-9-13-15(18-5-4-17-13)22-12-3-8-20(10-12)14(21)11-19-6-1-2-7-19/h1-2,4-7,12H,3,8,10-11H2/t12-/m1/s1. The first-order valence-corrected chi connectivity index (χ1v) is 7.02. The van der Waals surface area contributed by atoms with Gasteiger partial charge in [0, 0.05) is 37.8 Å². The van der Waals surface area contributed by atoms with Crippen LogP contribution >= 0.6 is 0 Å². The molecule has 3 heterocycles. The minimum absolute atomic E-state index is 0.0574. The highest BCUT2D eigenvalue weighted by Gasteiger charge is 2.28. The van der Waals surface area contributed by atoms with E-state index in [0.29, 0.717) is 19.6 Å². The number of nitrogens with zero attached hydrogens (tertiary/aromatic N) is 5. The molecule has 1 atom stereocenters. The molecule has 2 aromatic heterocycles. The molecule has 0 aromatic carbocycles. The van der Waals surface area contributed by atoms with E-state index in [1.54, 1.807) is 4.90 Å². The minimum atomic E-state index is -0.155. The summed E-state index contributed by atoms with van der Waals surface area (Å²) in [5, 5.41) is 8.98. The molecule has 1 saturated heterocycles. The lowest BCUT2D eigenvalue weighted by Crippen LogP contribution is -2.33. The molecule has 1 aliphatic rings. The van der Waals surface area contributed by atoms with Crippen molar-refractivity contribution >= 4 is 5.91 Å². The van der Waals surface area contributed by atoms with Crippen molar-refractivity contribution < 1.29 is 9.53 Å². The van der Waals surface area contributed by atoms with E-state index in [-0.39, 0.29) is 23.6 Å². The highest BCUT2D eigenvalue weighted by molar-refractivity contribution is 5.76. The Bertz CT molecular complexity index is 692. The van der Waals surface area contributed by atoms with Crippen LogP contribution in [0.3, 0.4) is 0 Å². The Kier molecular flexibility index (Phi) is 4.01. The Morgan fingerprint density at radius 1 is 1.36 bits per heavy atom. The maximum absolute atomic E-state index is 12.2. The molecule has 22 heavy (non-hydrogen) atoms. The Hall–Kier alpha value is -2.88. The molecule has 7 heteroatoms. The van der Waals surface area contributed by atoms with Crippen molar-refractivity contribution in [3.63, 3.8) is 0 Å². The molecule has 0 radical (unpaired) electrons. The van der Waals surface area contributed by atoms with Crippen LogP contribution in [0.25, 0.3) is 0 Å². The van der Waals surface area contributed by atoms with Gasteiger partial charge in [-0.25, -0.2) is 9.97 Å². The van der Waals surface area contributed by atoms with Crippen LogP contribution in [0.1, 0.15) is 12.1 Å². The summed E-state index contributed by atoms with van der Waals surface area (Å²) in [6, 6.07) is 5.73. The molecule has 3 rings (SSSR count). The molecule has 2 aromatic rings.